The van der Waals surface area contributed by atoms with Crippen LogP contribution in [0.25, 0.3) is 0 Å². The van der Waals surface area contributed by atoms with Crippen molar-refractivity contribution in [2.75, 3.05) is 7.05 Å². The lowest BCUT2D eigenvalue weighted by atomic mass is 10.0. The van der Waals surface area contributed by atoms with Gasteiger partial charge in [0.15, 0.2) is 0 Å². The van der Waals surface area contributed by atoms with Crippen molar-refractivity contribution in [1.82, 2.24) is 4.90 Å². The van der Waals surface area contributed by atoms with E-state index in [0.717, 1.165) is 12.5 Å². The van der Waals surface area contributed by atoms with Gasteiger partial charge in [-0.05, 0) is 44.0 Å². The van der Waals surface area contributed by atoms with E-state index in [-0.39, 0.29) is 0 Å². The van der Waals surface area contributed by atoms with E-state index in [1.807, 2.05) is 0 Å². The Bertz CT molecular complexity index is 340. The van der Waals surface area contributed by atoms with Crippen LogP contribution in [0.2, 0.25) is 0 Å². The quantitative estimate of drug-likeness (QED) is 0.856. The molecule has 1 fully saturated rings. The normalized spacial score (nSPS) is 18.8. The van der Waals surface area contributed by atoms with E-state index >= 15 is 0 Å². The molecule has 2 nitrogen and oxygen atoms in total. The third kappa shape index (κ3) is 2.81. The molecule has 0 spiro atoms. The van der Waals surface area contributed by atoms with Gasteiger partial charge in [-0.25, -0.2) is 0 Å². The van der Waals surface area contributed by atoms with E-state index < -0.39 is 0 Å². The Morgan fingerprint density at radius 3 is 2.35 bits per heavy atom. The SMILES string of the molecule is CCC(c1ccc(O)cc1)N(C)C1CCCC1. The molecule has 1 saturated carbocycles. The maximum Gasteiger partial charge on any atom is 0.115 e. The van der Waals surface area contributed by atoms with Gasteiger partial charge in [0.2, 0.25) is 0 Å². The molecular weight excluding hydrogens is 210 g/mol. The van der Waals surface area contributed by atoms with Crippen LogP contribution >= 0.6 is 0 Å². The Morgan fingerprint density at radius 2 is 1.82 bits per heavy atom. The molecule has 1 aromatic rings. The second-order valence-corrected chi connectivity index (χ2v) is 5.12. The summed E-state index contributed by atoms with van der Waals surface area (Å²) < 4.78 is 0. The maximum absolute atomic E-state index is 9.35. The molecule has 0 heterocycles. The fraction of sp³-hybridized carbons (Fsp3) is 0.600. The van der Waals surface area contributed by atoms with Crippen molar-refractivity contribution in [2.45, 2.75) is 51.1 Å². The van der Waals surface area contributed by atoms with Gasteiger partial charge in [0.05, 0.1) is 0 Å². The monoisotopic (exact) mass is 233 g/mol. The summed E-state index contributed by atoms with van der Waals surface area (Å²) >= 11 is 0. The van der Waals surface area contributed by atoms with Gasteiger partial charge in [0.1, 0.15) is 5.75 Å². The minimum atomic E-state index is 0.354. The summed E-state index contributed by atoms with van der Waals surface area (Å²) in [5, 5.41) is 9.35. The fourth-order valence-electron chi connectivity index (χ4n) is 3.02. The summed E-state index contributed by atoms with van der Waals surface area (Å²) in [7, 11) is 2.25. The molecule has 1 N–H and O–H groups in total. The van der Waals surface area contributed by atoms with Gasteiger partial charge in [-0.2, -0.15) is 0 Å². The van der Waals surface area contributed by atoms with Crippen LogP contribution in [0.4, 0.5) is 0 Å². The van der Waals surface area contributed by atoms with Gasteiger partial charge in [0.25, 0.3) is 0 Å². The molecular formula is C15H23NO. The molecule has 0 amide bonds. The molecule has 17 heavy (non-hydrogen) atoms. The summed E-state index contributed by atoms with van der Waals surface area (Å²) in [6, 6.07) is 8.91. The molecule has 1 aromatic carbocycles. The number of benzene rings is 1. The molecule has 0 radical (unpaired) electrons. The Labute approximate surface area is 104 Å². The van der Waals surface area contributed by atoms with Crippen molar-refractivity contribution in [1.29, 1.82) is 0 Å². The molecule has 0 bridgehead atoms. The molecule has 1 aliphatic rings. The predicted octanol–water partition coefficient (Wildman–Crippen LogP) is 3.72. The van der Waals surface area contributed by atoms with Gasteiger partial charge < -0.3 is 5.11 Å². The van der Waals surface area contributed by atoms with Gasteiger partial charge in [0, 0.05) is 12.1 Å². The van der Waals surface area contributed by atoms with Gasteiger partial charge in [-0.3, -0.25) is 4.90 Å². The first-order chi connectivity index (χ1) is 8.22. The highest BCUT2D eigenvalue weighted by Crippen LogP contribution is 2.31. The van der Waals surface area contributed by atoms with Crippen molar-refractivity contribution in [3.05, 3.63) is 29.8 Å². The molecule has 2 heteroatoms. The number of aromatic hydroxyl groups is 1. The molecule has 1 atom stereocenters. The second-order valence-electron chi connectivity index (χ2n) is 5.12. The smallest absolute Gasteiger partial charge is 0.115 e. The highest BCUT2D eigenvalue weighted by molar-refractivity contribution is 5.28. The highest BCUT2D eigenvalue weighted by Gasteiger charge is 2.25. The topological polar surface area (TPSA) is 23.5 Å². The number of hydrogen-bond acceptors (Lipinski definition) is 2. The van der Waals surface area contributed by atoms with E-state index in [1.54, 1.807) is 12.1 Å². The van der Waals surface area contributed by atoms with Crippen molar-refractivity contribution in [3.63, 3.8) is 0 Å². The van der Waals surface area contributed by atoms with E-state index in [2.05, 4.69) is 31.0 Å². The van der Waals surface area contributed by atoms with Crippen LogP contribution in [-0.2, 0) is 0 Å². The first-order valence-electron chi connectivity index (χ1n) is 6.73. The van der Waals surface area contributed by atoms with Crippen LogP contribution in [-0.4, -0.2) is 23.1 Å². The first-order valence-corrected chi connectivity index (χ1v) is 6.73. The van der Waals surface area contributed by atoms with E-state index in [0.29, 0.717) is 11.8 Å². The summed E-state index contributed by atoms with van der Waals surface area (Å²) in [5.41, 5.74) is 1.32. The molecule has 0 saturated heterocycles. The number of nitrogens with zero attached hydrogens (tertiary/aromatic N) is 1. The van der Waals surface area contributed by atoms with Crippen LogP contribution in [0, 0.1) is 0 Å². The maximum atomic E-state index is 9.35. The third-order valence-corrected chi connectivity index (χ3v) is 4.06. The zero-order valence-electron chi connectivity index (χ0n) is 10.9. The van der Waals surface area contributed by atoms with Gasteiger partial charge >= 0.3 is 0 Å². The molecule has 2 rings (SSSR count). The van der Waals surface area contributed by atoms with E-state index in [1.165, 1.54) is 31.2 Å². The Kier molecular flexibility index (Phi) is 4.06. The Balaban J connectivity index is 2.11. The lowest BCUT2D eigenvalue weighted by Gasteiger charge is -2.32. The highest BCUT2D eigenvalue weighted by atomic mass is 16.3. The third-order valence-electron chi connectivity index (χ3n) is 4.06. The van der Waals surface area contributed by atoms with Crippen molar-refractivity contribution in [3.8, 4) is 5.75 Å². The standard InChI is InChI=1S/C15H23NO/c1-3-15(12-8-10-14(17)11-9-12)16(2)13-6-4-5-7-13/h8-11,13,15,17H,3-7H2,1-2H3. The summed E-state index contributed by atoms with van der Waals surface area (Å²) in [5.74, 6) is 0.354. The predicted molar refractivity (Wildman–Crippen MR) is 71.2 cm³/mol. The number of rotatable bonds is 4. The zero-order chi connectivity index (χ0) is 12.3. The summed E-state index contributed by atoms with van der Waals surface area (Å²) in [4.78, 5) is 2.53. The van der Waals surface area contributed by atoms with Gasteiger partial charge in [-0.1, -0.05) is 31.9 Å². The average Bonchev–Trinajstić information content (AvgIpc) is 2.86. The minimum absolute atomic E-state index is 0.354. The Hall–Kier alpha value is -1.02. The number of phenols is 1. The van der Waals surface area contributed by atoms with Crippen LogP contribution in [0.5, 0.6) is 5.75 Å². The lowest BCUT2D eigenvalue weighted by Crippen LogP contribution is -2.32. The van der Waals surface area contributed by atoms with Crippen molar-refractivity contribution < 1.29 is 5.11 Å². The van der Waals surface area contributed by atoms with E-state index in [9.17, 15) is 5.11 Å². The zero-order valence-corrected chi connectivity index (χ0v) is 10.9. The lowest BCUT2D eigenvalue weighted by molar-refractivity contribution is 0.171. The minimum Gasteiger partial charge on any atom is -0.508 e. The van der Waals surface area contributed by atoms with Crippen LogP contribution < -0.4 is 0 Å². The van der Waals surface area contributed by atoms with Crippen LogP contribution in [0.15, 0.2) is 24.3 Å². The fourth-order valence-corrected chi connectivity index (χ4v) is 3.02. The van der Waals surface area contributed by atoms with Crippen molar-refractivity contribution in [2.24, 2.45) is 0 Å². The first kappa shape index (κ1) is 12.4. The average molecular weight is 233 g/mol. The Morgan fingerprint density at radius 1 is 1.24 bits per heavy atom. The van der Waals surface area contributed by atoms with Crippen LogP contribution in [0.1, 0.15) is 50.6 Å². The largest absolute Gasteiger partial charge is 0.508 e. The molecule has 0 aliphatic heterocycles. The second kappa shape index (κ2) is 5.54. The molecule has 94 valence electrons. The van der Waals surface area contributed by atoms with Gasteiger partial charge in [-0.15, -0.1) is 0 Å². The number of phenolic OH excluding ortho intramolecular Hbond substituents is 1. The molecule has 0 aromatic heterocycles. The summed E-state index contributed by atoms with van der Waals surface area (Å²) in [6.07, 6.45) is 6.55. The summed E-state index contributed by atoms with van der Waals surface area (Å²) in [6.45, 7) is 2.24. The number of hydrogen-bond donors (Lipinski definition) is 1. The molecule has 1 unspecified atom stereocenters. The molecule has 1 aliphatic carbocycles. The van der Waals surface area contributed by atoms with Crippen LogP contribution in [0.3, 0.4) is 0 Å². The van der Waals surface area contributed by atoms with Crippen molar-refractivity contribution >= 4 is 0 Å². The van der Waals surface area contributed by atoms with E-state index in [4.69, 9.17) is 0 Å².